The number of ether oxygens (including phenoxy) is 4. The highest BCUT2D eigenvalue weighted by atomic mass is 32.1. The molecule has 0 saturated carbocycles. The quantitative estimate of drug-likeness (QED) is 0.101. The SMILES string of the molecule is CCC(O)Oc1c(OC(=O)CC(C)S)cccc1C(C)(C)c1cccc(OC(=O)CC(C)S)c1OC(O)CC. The van der Waals surface area contributed by atoms with Crippen molar-refractivity contribution in [2.24, 2.45) is 0 Å². The average molecular weight is 581 g/mol. The van der Waals surface area contributed by atoms with E-state index in [0.29, 0.717) is 24.0 Å². The highest BCUT2D eigenvalue weighted by Gasteiger charge is 2.34. The third-order valence-electron chi connectivity index (χ3n) is 5.88. The molecule has 0 fully saturated rings. The first-order valence-corrected chi connectivity index (χ1v) is 14.1. The lowest BCUT2D eigenvalue weighted by molar-refractivity contribution is -0.135. The fourth-order valence-corrected chi connectivity index (χ4v) is 4.11. The van der Waals surface area contributed by atoms with Gasteiger partial charge in [0.05, 0.1) is 12.8 Å². The van der Waals surface area contributed by atoms with E-state index >= 15 is 0 Å². The van der Waals surface area contributed by atoms with E-state index in [-0.39, 0.29) is 46.3 Å². The van der Waals surface area contributed by atoms with E-state index in [2.05, 4.69) is 25.3 Å². The molecule has 10 heteroatoms. The number of carbonyl (C=O) groups excluding carboxylic acids is 2. The van der Waals surface area contributed by atoms with Crippen LogP contribution in [-0.4, -0.2) is 45.2 Å². The van der Waals surface area contributed by atoms with Gasteiger partial charge in [-0.2, -0.15) is 25.3 Å². The van der Waals surface area contributed by atoms with E-state index in [1.807, 2.05) is 13.8 Å². The summed E-state index contributed by atoms with van der Waals surface area (Å²) in [5.41, 5.74) is 0.231. The number of thiol groups is 2. The Hall–Kier alpha value is -2.40. The molecule has 0 aliphatic rings. The van der Waals surface area contributed by atoms with Crippen LogP contribution in [0.15, 0.2) is 36.4 Å². The van der Waals surface area contributed by atoms with Crippen molar-refractivity contribution < 1.29 is 38.7 Å². The maximum absolute atomic E-state index is 12.5. The van der Waals surface area contributed by atoms with Gasteiger partial charge in [-0.15, -0.1) is 0 Å². The molecular weight excluding hydrogens is 540 g/mol. The van der Waals surface area contributed by atoms with Gasteiger partial charge in [0.15, 0.2) is 35.6 Å². The lowest BCUT2D eigenvalue weighted by Crippen LogP contribution is -2.26. The van der Waals surface area contributed by atoms with Gasteiger partial charge in [0.25, 0.3) is 0 Å². The van der Waals surface area contributed by atoms with Crippen molar-refractivity contribution in [2.45, 2.75) is 95.7 Å². The Bertz CT molecular complexity index is 1030. The summed E-state index contributed by atoms with van der Waals surface area (Å²) in [6.45, 7) is 10.9. The lowest BCUT2D eigenvalue weighted by Gasteiger charge is -2.32. The van der Waals surface area contributed by atoms with Gasteiger partial charge in [-0.25, -0.2) is 0 Å². The zero-order valence-electron chi connectivity index (χ0n) is 23.3. The van der Waals surface area contributed by atoms with Crippen LogP contribution in [0.5, 0.6) is 23.0 Å². The zero-order valence-corrected chi connectivity index (χ0v) is 25.1. The minimum atomic E-state index is -1.16. The first kappa shape index (κ1) is 32.8. The molecule has 0 spiro atoms. The molecular formula is C29H40O8S2. The predicted molar refractivity (Wildman–Crippen MR) is 156 cm³/mol. The number of hydrogen-bond donors (Lipinski definition) is 4. The molecule has 0 aliphatic heterocycles. The highest BCUT2D eigenvalue weighted by Crippen LogP contribution is 2.48. The number of rotatable bonds is 14. The van der Waals surface area contributed by atoms with Crippen LogP contribution in [-0.2, 0) is 15.0 Å². The summed E-state index contributed by atoms with van der Waals surface area (Å²) in [5.74, 6) is -0.325. The van der Waals surface area contributed by atoms with Crippen LogP contribution in [0.2, 0.25) is 0 Å². The highest BCUT2D eigenvalue weighted by molar-refractivity contribution is 7.81. The molecule has 4 atom stereocenters. The zero-order chi connectivity index (χ0) is 29.3. The Kier molecular flexibility index (Phi) is 12.5. The molecule has 2 aromatic rings. The van der Waals surface area contributed by atoms with Crippen molar-refractivity contribution in [2.75, 3.05) is 0 Å². The molecule has 8 nitrogen and oxygen atoms in total. The Labute approximate surface area is 241 Å². The van der Waals surface area contributed by atoms with Gasteiger partial charge in [-0.3, -0.25) is 9.59 Å². The molecule has 0 heterocycles. The van der Waals surface area contributed by atoms with Gasteiger partial charge in [-0.1, -0.05) is 65.8 Å². The number of aliphatic hydroxyl groups excluding tert-OH is 2. The van der Waals surface area contributed by atoms with Crippen LogP contribution in [0, 0.1) is 0 Å². The lowest BCUT2D eigenvalue weighted by atomic mass is 9.77. The van der Waals surface area contributed by atoms with Crippen molar-refractivity contribution in [3.8, 4) is 23.0 Å². The van der Waals surface area contributed by atoms with Gasteiger partial charge < -0.3 is 29.2 Å². The molecule has 0 aliphatic carbocycles. The molecule has 0 saturated heterocycles. The standard InChI is InChI=1S/C29H40O8S2/c1-7-23(30)36-27-19(11-9-13-21(27)34-25(32)15-17(3)38)29(5,6)20-12-10-14-22(28(20)37-24(31)8-2)35-26(33)16-18(4)39/h9-14,17-18,23-24,30-31,38-39H,7-8,15-16H2,1-6H3. The van der Waals surface area contributed by atoms with E-state index < -0.39 is 29.9 Å². The van der Waals surface area contributed by atoms with E-state index in [4.69, 9.17) is 18.9 Å². The van der Waals surface area contributed by atoms with E-state index in [9.17, 15) is 19.8 Å². The molecule has 216 valence electrons. The number of esters is 2. The minimum Gasteiger partial charge on any atom is -0.461 e. The first-order chi connectivity index (χ1) is 18.3. The summed E-state index contributed by atoms with van der Waals surface area (Å²) in [6, 6.07) is 10.2. The van der Waals surface area contributed by atoms with Gasteiger partial charge in [0, 0.05) is 39.9 Å². The molecule has 4 unspecified atom stereocenters. The van der Waals surface area contributed by atoms with Crippen molar-refractivity contribution in [1.82, 2.24) is 0 Å². The molecule has 0 bridgehead atoms. The molecule has 2 N–H and O–H groups in total. The monoisotopic (exact) mass is 580 g/mol. The summed E-state index contributed by atoms with van der Waals surface area (Å²) >= 11 is 8.53. The van der Waals surface area contributed by atoms with E-state index in [1.165, 1.54) is 0 Å². The number of aliphatic hydroxyl groups is 2. The molecule has 2 aromatic carbocycles. The Morgan fingerprint density at radius 1 is 0.769 bits per heavy atom. The Morgan fingerprint density at radius 2 is 1.13 bits per heavy atom. The summed E-state index contributed by atoms with van der Waals surface area (Å²) in [6.07, 6.45) is -1.56. The van der Waals surface area contributed by atoms with Crippen LogP contribution < -0.4 is 18.9 Å². The van der Waals surface area contributed by atoms with Crippen molar-refractivity contribution in [1.29, 1.82) is 0 Å². The van der Waals surface area contributed by atoms with Crippen molar-refractivity contribution >= 4 is 37.2 Å². The molecule has 0 amide bonds. The van der Waals surface area contributed by atoms with Crippen LogP contribution in [0.3, 0.4) is 0 Å². The maximum Gasteiger partial charge on any atom is 0.312 e. The number of hydrogen-bond acceptors (Lipinski definition) is 10. The smallest absolute Gasteiger partial charge is 0.312 e. The van der Waals surface area contributed by atoms with Crippen LogP contribution in [0.25, 0.3) is 0 Å². The third kappa shape index (κ3) is 9.34. The molecule has 0 radical (unpaired) electrons. The first-order valence-electron chi connectivity index (χ1n) is 13.0. The van der Waals surface area contributed by atoms with Gasteiger partial charge in [0.1, 0.15) is 0 Å². The fourth-order valence-electron chi connectivity index (χ4n) is 3.81. The number of benzene rings is 2. The maximum atomic E-state index is 12.5. The number of para-hydroxylation sites is 2. The Balaban J connectivity index is 2.70. The third-order valence-corrected chi connectivity index (χ3v) is 6.25. The van der Waals surface area contributed by atoms with Gasteiger partial charge in [0.2, 0.25) is 0 Å². The summed E-state index contributed by atoms with van der Waals surface area (Å²) in [4.78, 5) is 25.0. The second-order valence-electron chi connectivity index (χ2n) is 9.91. The molecule has 0 aromatic heterocycles. The predicted octanol–water partition coefficient (Wildman–Crippen LogP) is 5.45. The second-order valence-corrected chi connectivity index (χ2v) is 11.7. The van der Waals surface area contributed by atoms with Crippen molar-refractivity contribution in [3.05, 3.63) is 47.5 Å². The topological polar surface area (TPSA) is 112 Å². The second kappa shape index (κ2) is 14.8. The Morgan fingerprint density at radius 3 is 1.44 bits per heavy atom. The summed E-state index contributed by atoms with van der Waals surface area (Å²) < 4.78 is 23.0. The fraction of sp³-hybridized carbons (Fsp3) is 0.517. The largest absolute Gasteiger partial charge is 0.461 e. The van der Waals surface area contributed by atoms with E-state index in [0.717, 1.165) is 0 Å². The van der Waals surface area contributed by atoms with Crippen LogP contribution in [0.4, 0.5) is 0 Å². The molecule has 39 heavy (non-hydrogen) atoms. The van der Waals surface area contributed by atoms with Crippen LogP contribution in [0.1, 0.15) is 78.4 Å². The molecule has 2 rings (SSSR count). The van der Waals surface area contributed by atoms with Gasteiger partial charge in [-0.05, 0) is 12.1 Å². The minimum absolute atomic E-state index is 0.0811. The van der Waals surface area contributed by atoms with Gasteiger partial charge >= 0.3 is 11.9 Å². The van der Waals surface area contributed by atoms with E-state index in [1.54, 1.807) is 64.1 Å². The number of carbonyl (C=O) groups is 2. The average Bonchev–Trinajstić information content (AvgIpc) is 2.84. The van der Waals surface area contributed by atoms with Crippen molar-refractivity contribution in [3.63, 3.8) is 0 Å². The normalized spacial score (nSPS) is 14.6. The summed E-state index contributed by atoms with van der Waals surface area (Å²) in [5, 5.41) is 20.4. The van der Waals surface area contributed by atoms with Crippen LogP contribution >= 0.6 is 25.3 Å². The summed E-state index contributed by atoms with van der Waals surface area (Å²) in [7, 11) is 0.